The van der Waals surface area contributed by atoms with Crippen molar-refractivity contribution in [3.05, 3.63) is 77.3 Å². The standard InChI is InChI=1S/C27H25N3O6/c1-4-34-16-11-12-17(21(14-16)35-5-2)24(31)22-23(20-13-10-15(3)36-20)30(26(33)25(22)32)27-28-18-8-6-7-9-19(18)29-27/h6-14,23,31H,4-5H2,1-3H3,(H,28,29)/b24-22+. The zero-order chi connectivity index (χ0) is 25.4. The number of Topliss-reactive ketones (excluding diaryl/α,β-unsaturated/α-hetero) is 1. The van der Waals surface area contributed by atoms with E-state index in [4.69, 9.17) is 13.9 Å². The fraction of sp³-hybridized carbons (Fsp3) is 0.222. The van der Waals surface area contributed by atoms with E-state index >= 15 is 0 Å². The van der Waals surface area contributed by atoms with Crippen LogP contribution < -0.4 is 14.4 Å². The predicted molar refractivity (Wildman–Crippen MR) is 133 cm³/mol. The number of nitrogens with zero attached hydrogens (tertiary/aromatic N) is 2. The predicted octanol–water partition coefficient (Wildman–Crippen LogP) is 4.89. The van der Waals surface area contributed by atoms with Crippen molar-refractivity contribution in [3.63, 3.8) is 0 Å². The third-order valence-corrected chi connectivity index (χ3v) is 5.90. The number of carbonyl (C=O) groups excluding carboxylic acids is 2. The topological polar surface area (TPSA) is 118 Å². The van der Waals surface area contributed by atoms with Crippen molar-refractivity contribution in [2.45, 2.75) is 26.8 Å². The van der Waals surface area contributed by atoms with Crippen molar-refractivity contribution in [1.82, 2.24) is 9.97 Å². The minimum Gasteiger partial charge on any atom is -0.507 e. The summed E-state index contributed by atoms with van der Waals surface area (Å²) in [4.78, 5) is 35.6. The Kier molecular flexibility index (Phi) is 5.97. The minimum atomic E-state index is -1.04. The average Bonchev–Trinajstić information content (AvgIpc) is 3.55. The second-order valence-corrected chi connectivity index (χ2v) is 8.22. The van der Waals surface area contributed by atoms with Crippen molar-refractivity contribution in [2.75, 3.05) is 18.1 Å². The van der Waals surface area contributed by atoms with Crippen LogP contribution in [-0.4, -0.2) is 40.0 Å². The SMILES string of the molecule is CCOc1ccc(/C(O)=C2\C(=O)C(=O)N(c3nc4ccccc4[nH]3)C2c2ccc(C)o2)c(OCC)c1. The van der Waals surface area contributed by atoms with Crippen molar-refractivity contribution >= 4 is 34.4 Å². The molecule has 1 saturated heterocycles. The molecule has 0 saturated carbocycles. The molecule has 9 nitrogen and oxygen atoms in total. The highest BCUT2D eigenvalue weighted by Gasteiger charge is 2.49. The summed E-state index contributed by atoms with van der Waals surface area (Å²) in [6.45, 7) is 6.21. The number of aliphatic hydroxyl groups is 1. The number of nitrogens with one attached hydrogen (secondary N) is 1. The first kappa shape index (κ1) is 23.2. The molecule has 1 fully saturated rings. The lowest BCUT2D eigenvalue weighted by Crippen LogP contribution is -2.30. The number of para-hydroxylation sites is 2. The van der Waals surface area contributed by atoms with Gasteiger partial charge >= 0.3 is 5.91 Å². The Bertz CT molecular complexity index is 1470. The van der Waals surface area contributed by atoms with Gasteiger partial charge in [-0.25, -0.2) is 4.98 Å². The number of fused-ring (bicyclic) bond motifs is 1. The number of carbonyl (C=O) groups is 2. The third kappa shape index (κ3) is 3.88. The number of ketones is 1. The molecular formula is C27H25N3O6. The number of ether oxygens (including phenoxy) is 2. The van der Waals surface area contributed by atoms with E-state index in [0.29, 0.717) is 47.3 Å². The summed E-state index contributed by atoms with van der Waals surface area (Å²) in [5.41, 5.74) is 1.47. The number of hydrogen-bond donors (Lipinski definition) is 2. The van der Waals surface area contributed by atoms with E-state index in [1.807, 2.05) is 32.0 Å². The van der Waals surface area contributed by atoms with E-state index in [9.17, 15) is 14.7 Å². The van der Waals surface area contributed by atoms with Gasteiger partial charge in [-0.15, -0.1) is 0 Å². The van der Waals surface area contributed by atoms with Crippen LogP contribution in [0, 0.1) is 6.92 Å². The number of benzene rings is 2. The van der Waals surface area contributed by atoms with E-state index in [2.05, 4.69) is 9.97 Å². The lowest BCUT2D eigenvalue weighted by Gasteiger charge is -2.21. The Morgan fingerprint density at radius 3 is 2.56 bits per heavy atom. The number of aryl methyl sites for hydroxylation is 1. The number of anilines is 1. The van der Waals surface area contributed by atoms with Crippen LogP contribution in [0.25, 0.3) is 16.8 Å². The quantitative estimate of drug-likeness (QED) is 0.216. The molecule has 1 unspecified atom stereocenters. The molecule has 4 aromatic rings. The molecular weight excluding hydrogens is 462 g/mol. The number of rotatable bonds is 7. The Balaban J connectivity index is 1.70. The van der Waals surface area contributed by atoms with Gasteiger partial charge in [0, 0.05) is 6.07 Å². The first-order valence-corrected chi connectivity index (χ1v) is 11.6. The van der Waals surface area contributed by atoms with Crippen LogP contribution in [0.2, 0.25) is 0 Å². The molecule has 2 aromatic heterocycles. The maximum absolute atomic E-state index is 13.4. The number of aromatic nitrogens is 2. The summed E-state index contributed by atoms with van der Waals surface area (Å²) in [6, 6.07) is 14.6. The van der Waals surface area contributed by atoms with Crippen LogP contribution in [0.15, 0.2) is 64.6 Å². The number of H-pyrrole nitrogens is 1. The minimum absolute atomic E-state index is 0.125. The molecule has 36 heavy (non-hydrogen) atoms. The average molecular weight is 488 g/mol. The van der Waals surface area contributed by atoms with Crippen molar-refractivity contribution in [3.8, 4) is 11.5 Å². The second kappa shape index (κ2) is 9.26. The summed E-state index contributed by atoms with van der Waals surface area (Å²) in [5, 5.41) is 11.5. The molecule has 3 heterocycles. The second-order valence-electron chi connectivity index (χ2n) is 8.22. The van der Waals surface area contributed by atoms with Crippen LogP contribution >= 0.6 is 0 Å². The zero-order valence-corrected chi connectivity index (χ0v) is 20.1. The molecule has 184 valence electrons. The number of furan rings is 1. The van der Waals surface area contributed by atoms with Gasteiger partial charge in [-0.2, -0.15) is 0 Å². The van der Waals surface area contributed by atoms with Gasteiger partial charge in [0.25, 0.3) is 5.78 Å². The normalized spacial score (nSPS) is 17.2. The summed E-state index contributed by atoms with van der Waals surface area (Å²) < 4.78 is 17.1. The Labute approximate surface area is 207 Å². The van der Waals surface area contributed by atoms with Crippen LogP contribution in [0.1, 0.15) is 37.0 Å². The van der Waals surface area contributed by atoms with Crippen molar-refractivity contribution in [1.29, 1.82) is 0 Å². The molecule has 1 aliphatic rings. The highest BCUT2D eigenvalue weighted by atomic mass is 16.5. The summed E-state index contributed by atoms with van der Waals surface area (Å²) in [5.74, 6) is -0.106. The summed E-state index contributed by atoms with van der Waals surface area (Å²) in [6.07, 6.45) is 0. The van der Waals surface area contributed by atoms with Gasteiger partial charge in [0.1, 0.15) is 34.8 Å². The van der Waals surface area contributed by atoms with Crippen LogP contribution in [0.3, 0.4) is 0 Å². The maximum atomic E-state index is 13.4. The lowest BCUT2D eigenvalue weighted by molar-refractivity contribution is -0.132. The van der Waals surface area contributed by atoms with Crippen LogP contribution in [-0.2, 0) is 9.59 Å². The highest BCUT2D eigenvalue weighted by molar-refractivity contribution is 6.51. The van der Waals surface area contributed by atoms with Gasteiger partial charge in [-0.3, -0.25) is 14.5 Å². The third-order valence-electron chi connectivity index (χ3n) is 5.90. The van der Waals surface area contributed by atoms with Gasteiger partial charge in [-0.1, -0.05) is 12.1 Å². The number of aromatic amines is 1. The highest BCUT2D eigenvalue weighted by Crippen LogP contribution is 2.43. The molecule has 1 aliphatic heterocycles. The van der Waals surface area contributed by atoms with E-state index < -0.39 is 17.7 Å². The molecule has 2 aromatic carbocycles. The zero-order valence-electron chi connectivity index (χ0n) is 20.1. The smallest absolute Gasteiger partial charge is 0.302 e. The molecule has 0 radical (unpaired) electrons. The number of hydrogen-bond acceptors (Lipinski definition) is 7. The molecule has 2 N–H and O–H groups in total. The van der Waals surface area contributed by atoms with Gasteiger partial charge in [-0.05, 0) is 57.2 Å². The fourth-order valence-corrected chi connectivity index (χ4v) is 4.35. The molecule has 0 aliphatic carbocycles. The molecule has 9 heteroatoms. The first-order chi connectivity index (χ1) is 17.4. The first-order valence-electron chi connectivity index (χ1n) is 11.6. The Morgan fingerprint density at radius 2 is 1.86 bits per heavy atom. The van der Waals surface area contributed by atoms with Crippen molar-refractivity contribution in [2.24, 2.45) is 0 Å². The van der Waals surface area contributed by atoms with Crippen molar-refractivity contribution < 1.29 is 28.6 Å². The lowest BCUT2D eigenvalue weighted by atomic mass is 9.98. The van der Waals surface area contributed by atoms with E-state index in [1.54, 1.807) is 43.3 Å². The maximum Gasteiger partial charge on any atom is 0.302 e. The largest absolute Gasteiger partial charge is 0.507 e. The number of aliphatic hydroxyl groups excluding tert-OH is 1. The van der Waals surface area contributed by atoms with E-state index in [0.717, 1.165) is 0 Å². The number of amides is 1. The summed E-state index contributed by atoms with van der Waals surface area (Å²) >= 11 is 0. The van der Waals surface area contributed by atoms with Gasteiger partial charge in [0.2, 0.25) is 5.95 Å². The molecule has 1 atom stereocenters. The van der Waals surface area contributed by atoms with Gasteiger partial charge in [0.05, 0.1) is 35.4 Å². The van der Waals surface area contributed by atoms with Crippen LogP contribution in [0.4, 0.5) is 5.95 Å². The number of imidazole rings is 1. The molecule has 0 spiro atoms. The van der Waals surface area contributed by atoms with E-state index in [-0.39, 0.29) is 22.8 Å². The Hall–Kier alpha value is -4.53. The monoisotopic (exact) mass is 487 g/mol. The van der Waals surface area contributed by atoms with Gasteiger partial charge in [0.15, 0.2) is 0 Å². The van der Waals surface area contributed by atoms with Crippen LogP contribution in [0.5, 0.6) is 11.5 Å². The van der Waals surface area contributed by atoms with E-state index in [1.165, 1.54) is 4.90 Å². The molecule has 0 bridgehead atoms. The Morgan fingerprint density at radius 1 is 1.08 bits per heavy atom. The summed E-state index contributed by atoms with van der Waals surface area (Å²) in [7, 11) is 0. The van der Waals surface area contributed by atoms with Gasteiger partial charge < -0.3 is 24.0 Å². The molecule has 1 amide bonds. The fourth-order valence-electron chi connectivity index (χ4n) is 4.35. The molecule has 5 rings (SSSR count).